The number of halogens is 1. The van der Waals surface area contributed by atoms with Gasteiger partial charge in [-0.25, -0.2) is 0 Å². The van der Waals surface area contributed by atoms with Crippen LogP contribution in [0.5, 0.6) is 0 Å². The molecule has 0 aliphatic rings. The highest BCUT2D eigenvalue weighted by atomic mass is 79.9. The number of aromatic nitrogens is 2. The van der Waals surface area contributed by atoms with Gasteiger partial charge < -0.3 is 9.97 Å². The molecule has 0 bridgehead atoms. The fourth-order valence-corrected chi connectivity index (χ4v) is 3.03. The molecule has 1 atom stereocenters. The molecule has 5 heteroatoms. The molecule has 1 aromatic heterocycles. The van der Waals surface area contributed by atoms with Crippen LogP contribution in [0.15, 0.2) is 27.8 Å². The third kappa shape index (κ3) is 4.30. The van der Waals surface area contributed by atoms with Gasteiger partial charge in [-0.15, -0.1) is 0 Å². The van der Waals surface area contributed by atoms with E-state index in [9.17, 15) is 9.59 Å². The van der Waals surface area contributed by atoms with Crippen molar-refractivity contribution < 1.29 is 0 Å². The molecular formula is C16H21BrN2O2. The largest absolute Gasteiger partial charge is 0.316 e. The summed E-state index contributed by atoms with van der Waals surface area (Å²) in [6.45, 7) is 2.22. The number of hydrogen-bond donors (Lipinski definition) is 2. The zero-order valence-corrected chi connectivity index (χ0v) is 13.8. The number of rotatable bonds is 7. The van der Waals surface area contributed by atoms with Crippen LogP contribution < -0.4 is 11.1 Å². The molecular weight excluding hydrogens is 332 g/mol. The summed E-state index contributed by atoms with van der Waals surface area (Å²) < 4.78 is 0. The molecule has 21 heavy (non-hydrogen) atoms. The molecule has 114 valence electrons. The highest BCUT2D eigenvalue weighted by Gasteiger charge is 2.09. The second-order valence-electron chi connectivity index (χ2n) is 5.38. The number of alkyl halides is 1. The molecule has 0 fully saturated rings. The molecule has 0 radical (unpaired) electrons. The van der Waals surface area contributed by atoms with Gasteiger partial charge in [0.2, 0.25) is 0 Å². The maximum absolute atomic E-state index is 11.4. The van der Waals surface area contributed by atoms with E-state index in [0.29, 0.717) is 11.0 Å². The van der Waals surface area contributed by atoms with Crippen molar-refractivity contribution in [1.82, 2.24) is 9.97 Å². The Labute approximate surface area is 132 Å². The molecule has 2 N–H and O–H groups in total. The molecule has 2 rings (SSSR count). The Bertz CT molecular complexity index is 705. The quantitative estimate of drug-likeness (QED) is 0.449. The highest BCUT2D eigenvalue weighted by Crippen LogP contribution is 2.29. The fraction of sp³-hybridized carbons (Fsp3) is 0.500. The van der Waals surface area contributed by atoms with E-state index in [2.05, 4.69) is 32.8 Å². The van der Waals surface area contributed by atoms with Crippen molar-refractivity contribution in [2.75, 3.05) is 0 Å². The van der Waals surface area contributed by atoms with Gasteiger partial charge in [-0.2, -0.15) is 0 Å². The molecule has 0 amide bonds. The first-order chi connectivity index (χ1) is 10.1. The van der Waals surface area contributed by atoms with Gasteiger partial charge >= 0.3 is 11.1 Å². The molecule has 0 saturated carbocycles. The number of unbranched alkanes of at least 4 members (excludes halogenated alkanes) is 4. The third-order valence-corrected chi connectivity index (χ3v) is 4.66. The van der Waals surface area contributed by atoms with E-state index >= 15 is 0 Å². The van der Waals surface area contributed by atoms with Crippen molar-refractivity contribution in [3.05, 3.63) is 44.5 Å². The van der Waals surface area contributed by atoms with Crippen molar-refractivity contribution in [2.45, 2.75) is 50.3 Å². The average molecular weight is 353 g/mol. The molecule has 0 aliphatic carbocycles. The van der Waals surface area contributed by atoms with Gasteiger partial charge in [-0.3, -0.25) is 9.59 Å². The number of hydrogen-bond acceptors (Lipinski definition) is 2. The standard InChI is InChI=1S/C16H21BrN2O2/c1-2-3-4-5-6-7-12(17)11-8-9-13-14(10-11)19-16(21)15(20)18-13/h8-10,12H,2-7H2,1H3,(H,18,20)(H,19,21). The predicted octanol–water partition coefficient (Wildman–Crippen LogP) is 4.01. The zero-order valence-electron chi connectivity index (χ0n) is 12.2. The van der Waals surface area contributed by atoms with Gasteiger partial charge in [-0.1, -0.05) is 61.0 Å². The molecule has 2 aromatic rings. The third-order valence-electron chi connectivity index (χ3n) is 3.67. The Morgan fingerprint density at radius 2 is 1.67 bits per heavy atom. The zero-order chi connectivity index (χ0) is 15.2. The van der Waals surface area contributed by atoms with Crippen LogP contribution in [0.4, 0.5) is 0 Å². The molecule has 0 spiro atoms. The van der Waals surface area contributed by atoms with Crippen LogP contribution >= 0.6 is 15.9 Å². The normalized spacial score (nSPS) is 12.7. The maximum Gasteiger partial charge on any atom is 0.314 e. The summed E-state index contributed by atoms with van der Waals surface area (Å²) in [6, 6.07) is 5.76. The fourth-order valence-electron chi connectivity index (χ4n) is 2.42. The maximum atomic E-state index is 11.4. The lowest BCUT2D eigenvalue weighted by atomic mass is 10.0. The first-order valence-corrected chi connectivity index (χ1v) is 8.43. The summed E-state index contributed by atoms with van der Waals surface area (Å²) in [4.78, 5) is 28.1. The Morgan fingerprint density at radius 1 is 1.00 bits per heavy atom. The lowest BCUT2D eigenvalue weighted by Gasteiger charge is -2.11. The van der Waals surface area contributed by atoms with Crippen molar-refractivity contribution in [2.24, 2.45) is 0 Å². The second-order valence-corrected chi connectivity index (χ2v) is 6.49. The van der Waals surface area contributed by atoms with E-state index < -0.39 is 11.1 Å². The van der Waals surface area contributed by atoms with Crippen molar-refractivity contribution in [3.8, 4) is 0 Å². The lowest BCUT2D eigenvalue weighted by molar-refractivity contribution is 0.606. The van der Waals surface area contributed by atoms with Crippen molar-refractivity contribution in [1.29, 1.82) is 0 Å². The number of nitrogens with one attached hydrogen (secondary N) is 2. The second kappa shape index (κ2) is 7.59. The van der Waals surface area contributed by atoms with E-state index in [-0.39, 0.29) is 4.83 Å². The molecule has 1 unspecified atom stereocenters. The summed E-state index contributed by atoms with van der Waals surface area (Å²) in [6.07, 6.45) is 7.38. The van der Waals surface area contributed by atoms with Crippen molar-refractivity contribution >= 4 is 27.0 Å². The number of fused-ring (bicyclic) bond motifs is 1. The van der Waals surface area contributed by atoms with Crippen LogP contribution in [-0.2, 0) is 0 Å². The minimum absolute atomic E-state index is 0.277. The minimum Gasteiger partial charge on any atom is -0.316 e. The average Bonchev–Trinajstić information content (AvgIpc) is 2.47. The van der Waals surface area contributed by atoms with Crippen LogP contribution in [0.3, 0.4) is 0 Å². The Morgan fingerprint density at radius 3 is 2.38 bits per heavy atom. The van der Waals surface area contributed by atoms with Gasteiger partial charge in [0.15, 0.2) is 0 Å². The van der Waals surface area contributed by atoms with Crippen LogP contribution in [0, 0.1) is 0 Å². The van der Waals surface area contributed by atoms with E-state index in [4.69, 9.17) is 0 Å². The lowest BCUT2D eigenvalue weighted by Crippen LogP contribution is -2.28. The van der Waals surface area contributed by atoms with Gasteiger partial charge in [0, 0.05) is 4.83 Å². The van der Waals surface area contributed by atoms with Gasteiger partial charge in [-0.05, 0) is 24.1 Å². The topological polar surface area (TPSA) is 65.7 Å². The summed E-state index contributed by atoms with van der Waals surface area (Å²) in [7, 11) is 0. The molecule has 1 heterocycles. The van der Waals surface area contributed by atoms with E-state index in [1.54, 1.807) is 0 Å². The van der Waals surface area contributed by atoms with Crippen LogP contribution in [0.1, 0.15) is 55.8 Å². The first kappa shape index (κ1) is 16.0. The number of benzene rings is 1. The summed E-state index contributed by atoms with van der Waals surface area (Å²) in [5, 5.41) is 0. The smallest absolute Gasteiger partial charge is 0.314 e. The monoisotopic (exact) mass is 352 g/mol. The van der Waals surface area contributed by atoms with Crippen LogP contribution in [-0.4, -0.2) is 9.97 Å². The van der Waals surface area contributed by atoms with Crippen molar-refractivity contribution in [3.63, 3.8) is 0 Å². The van der Waals surface area contributed by atoms with Crippen LogP contribution in [0.25, 0.3) is 11.0 Å². The summed E-state index contributed by atoms with van der Waals surface area (Å²) in [5.41, 5.74) is 1.24. The highest BCUT2D eigenvalue weighted by molar-refractivity contribution is 9.09. The first-order valence-electron chi connectivity index (χ1n) is 7.52. The van der Waals surface area contributed by atoms with E-state index in [0.717, 1.165) is 12.0 Å². The predicted molar refractivity (Wildman–Crippen MR) is 90.2 cm³/mol. The van der Waals surface area contributed by atoms with Gasteiger partial charge in [0.1, 0.15) is 0 Å². The molecule has 4 nitrogen and oxygen atoms in total. The number of aromatic amines is 2. The number of H-pyrrole nitrogens is 2. The Hall–Kier alpha value is -1.36. The van der Waals surface area contributed by atoms with E-state index in [1.165, 1.54) is 32.1 Å². The summed E-state index contributed by atoms with van der Waals surface area (Å²) >= 11 is 3.71. The van der Waals surface area contributed by atoms with Gasteiger partial charge in [0.05, 0.1) is 11.0 Å². The summed E-state index contributed by atoms with van der Waals surface area (Å²) in [5.74, 6) is 0. The molecule has 0 saturated heterocycles. The van der Waals surface area contributed by atoms with E-state index in [1.807, 2.05) is 18.2 Å². The Kier molecular flexibility index (Phi) is 5.79. The SMILES string of the molecule is CCCCCCCC(Br)c1ccc2[nH]c(=O)c(=O)[nH]c2c1. The van der Waals surface area contributed by atoms with Crippen LogP contribution in [0.2, 0.25) is 0 Å². The molecule has 1 aromatic carbocycles. The van der Waals surface area contributed by atoms with Gasteiger partial charge in [0.25, 0.3) is 0 Å². The Balaban J connectivity index is 2.06. The molecule has 0 aliphatic heterocycles. The minimum atomic E-state index is -0.610.